The summed E-state index contributed by atoms with van der Waals surface area (Å²) in [5.41, 5.74) is 0.0790. The Morgan fingerprint density at radius 1 is 1.13 bits per heavy atom. The fraction of sp³-hybridized carbons (Fsp3) is 0.750. The largest absolute Gasteiger partial charge is 0.353 e. The zero-order valence-corrected chi connectivity index (χ0v) is 13.9. The van der Waals surface area contributed by atoms with Gasteiger partial charge < -0.3 is 9.80 Å². The van der Waals surface area contributed by atoms with Crippen molar-refractivity contribution in [2.45, 2.75) is 52.0 Å². The highest BCUT2D eigenvalue weighted by Gasteiger charge is 2.33. The lowest BCUT2D eigenvalue weighted by atomic mass is 10.00. The van der Waals surface area contributed by atoms with Crippen molar-refractivity contribution < 1.29 is 4.92 Å². The van der Waals surface area contributed by atoms with Crippen LogP contribution in [0.1, 0.15) is 46.0 Å². The lowest BCUT2D eigenvalue weighted by Gasteiger charge is -2.35. The maximum atomic E-state index is 11.8. The van der Waals surface area contributed by atoms with Crippen LogP contribution in [0.15, 0.2) is 6.33 Å². The van der Waals surface area contributed by atoms with Gasteiger partial charge in [-0.05, 0) is 44.9 Å². The number of hydrogen-bond donors (Lipinski definition) is 0. The van der Waals surface area contributed by atoms with Gasteiger partial charge in [-0.25, -0.2) is 9.97 Å². The molecule has 0 N–H and O–H groups in total. The van der Waals surface area contributed by atoms with Crippen LogP contribution in [0.3, 0.4) is 0 Å². The van der Waals surface area contributed by atoms with Crippen LogP contribution in [0, 0.1) is 16.0 Å². The molecule has 3 heterocycles. The first-order chi connectivity index (χ1) is 11.1. The van der Waals surface area contributed by atoms with E-state index in [-0.39, 0.29) is 16.7 Å². The molecule has 7 heteroatoms. The molecule has 0 spiro atoms. The molecule has 126 valence electrons. The highest BCUT2D eigenvalue weighted by Crippen LogP contribution is 2.38. The fourth-order valence-electron chi connectivity index (χ4n) is 3.76. The third-order valence-corrected chi connectivity index (χ3v) is 5.00. The first kappa shape index (κ1) is 16.0. The van der Waals surface area contributed by atoms with Crippen molar-refractivity contribution in [3.8, 4) is 0 Å². The topological polar surface area (TPSA) is 75.4 Å². The Bertz CT molecular complexity index is 580. The summed E-state index contributed by atoms with van der Waals surface area (Å²) in [5, 5.41) is 11.8. The second-order valence-corrected chi connectivity index (χ2v) is 6.86. The molecule has 0 aromatic carbocycles. The zero-order valence-electron chi connectivity index (χ0n) is 13.9. The number of hydrogen-bond acceptors (Lipinski definition) is 6. The molecular formula is C16H25N5O2. The second kappa shape index (κ2) is 6.68. The van der Waals surface area contributed by atoms with E-state index in [0.29, 0.717) is 17.6 Å². The number of aromatic nitrogens is 2. The Morgan fingerprint density at radius 2 is 1.91 bits per heavy atom. The number of rotatable bonds is 3. The molecule has 7 nitrogen and oxygen atoms in total. The van der Waals surface area contributed by atoms with Crippen LogP contribution in [-0.4, -0.2) is 40.6 Å². The molecule has 0 saturated carbocycles. The van der Waals surface area contributed by atoms with Crippen molar-refractivity contribution in [1.82, 2.24) is 9.97 Å². The summed E-state index contributed by atoms with van der Waals surface area (Å²) in [6, 6.07) is 0.283. The van der Waals surface area contributed by atoms with Crippen LogP contribution in [0.5, 0.6) is 0 Å². The number of nitro groups is 1. The Hall–Kier alpha value is -1.92. The maximum Gasteiger partial charge on any atom is 0.353 e. The average molecular weight is 319 g/mol. The van der Waals surface area contributed by atoms with Crippen molar-refractivity contribution >= 4 is 17.3 Å². The van der Waals surface area contributed by atoms with Crippen LogP contribution < -0.4 is 9.80 Å². The molecule has 2 saturated heterocycles. The van der Waals surface area contributed by atoms with Crippen LogP contribution in [0.25, 0.3) is 0 Å². The van der Waals surface area contributed by atoms with Crippen molar-refractivity contribution in [3.05, 3.63) is 16.4 Å². The highest BCUT2D eigenvalue weighted by atomic mass is 16.6. The Labute approximate surface area is 136 Å². The third-order valence-electron chi connectivity index (χ3n) is 5.00. The van der Waals surface area contributed by atoms with Gasteiger partial charge in [0, 0.05) is 25.7 Å². The minimum atomic E-state index is -0.300. The monoisotopic (exact) mass is 319 g/mol. The van der Waals surface area contributed by atoms with E-state index in [1.807, 2.05) is 0 Å². The van der Waals surface area contributed by atoms with Crippen molar-refractivity contribution in [3.63, 3.8) is 0 Å². The van der Waals surface area contributed by atoms with Crippen LogP contribution >= 0.6 is 0 Å². The van der Waals surface area contributed by atoms with Gasteiger partial charge in [0.2, 0.25) is 11.6 Å². The van der Waals surface area contributed by atoms with E-state index in [1.54, 1.807) is 0 Å². The quantitative estimate of drug-likeness (QED) is 0.630. The van der Waals surface area contributed by atoms with Gasteiger partial charge in [-0.3, -0.25) is 10.1 Å². The molecule has 0 aliphatic carbocycles. The normalized spacial score (nSPS) is 25.5. The summed E-state index contributed by atoms with van der Waals surface area (Å²) in [4.78, 5) is 24.2. The van der Waals surface area contributed by atoms with Crippen molar-refractivity contribution in [2.75, 3.05) is 29.4 Å². The van der Waals surface area contributed by atoms with Gasteiger partial charge in [-0.15, -0.1) is 0 Å². The summed E-state index contributed by atoms with van der Waals surface area (Å²) in [6.45, 7) is 6.79. The maximum absolute atomic E-state index is 11.8. The van der Waals surface area contributed by atoms with Gasteiger partial charge in [0.05, 0.1) is 4.92 Å². The van der Waals surface area contributed by atoms with E-state index in [2.05, 4.69) is 33.6 Å². The molecule has 2 fully saturated rings. The van der Waals surface area contributed by atoms with Crippen molar-refractivity contribution in [2.24, 2.45) is 5.92 Å². The first-order valence-corrected chi connectivity index (χ1v) is 8.59. The third kappa shape index (κ3) is 3.23. The molecule has 2 atom stereocenters. The SMILES string of the molecule is CC1CCCN(c2ncnc(N3CCCCC3C)c2[N+](=O)[O-])C1. The molecule has 2 aliphatic heterocycles. The number of anilines is 2. The van der Waals surface area contributed by atoms with Crippen LogP contribution in [0.4, 0.5) is 17.3 Å². The molecule has 23 heavy (non-hydrogen) atoms. The van der Waals surface area contributed by atoms with Gasteiger partial charge in [-0.2, -0.15) is 0 Å². The van der Waals surface area contributed by atoms with Crippen LogP contribution in [0.2, 0.25) is 0 Å². The molecule has 0 amide bonds. The van der Waals surface area contributed by atoms with Gasteiger partial charge >= 0.3 is 5.69 Å². The highest BCUT2D eigenvalue weighted by molar-refractivity contribution is 5.71. The second-order valence-electron chi connectivity index (χ2n) is 6.86. The molecule has 0 radical (unpaired) electrons. The van der Waals surface area contributed by atoms with Gasteiger partial charge in [0.15, 0.2) is 0 Å². The summed E-state index contributed by atoms with van der Waals surface area (Å²) in [6.07, 6.45) is 6.99. The summed E-state index contributed by atoms with van der Waals surface area (Å²) in [7, 11) is 0. The standard InChI is InChI=1S/C16H25N5O2/c1-12-6-5-8-19(10-12)15-14(21(22)23)16(18-11-17-15)20-9-4-3-7-13(20)2/h11-13H,3-10H2,1-2H3. The van der Waals surface area contributed by atoms with E-state index >= 15 is 0 Å². The Kier molecular flexibility index (Phi) is 4.63. The minimum absolute atomic E-state index is 0.0790. The molecule has 3 rings (SSSR count). The van der Waals surface area contributed by atoms with E-state index in [1.165, 1.54) is 19.2 Å². The summed E-state index contributed by atoms with van der Waals surface area (Å²) < 4.78 is 0. The van der Waals surface area contributed by atoms with E-state index in [9.17, 15) is 10.1 Å². The molecule has 1 aromatic rings. The minimum Gasteiger partial charge on any atom is -0.350 e. The predicted molar refractivity (Wildman–Crippen MR) is 90.0 cm³/mol. The average Bonchev–Trinajstić information content (AvgIpc) is 2.54. The smallest absolute Gasteiger partial charge is 0.350 e. The van der Waals surface area contributed by atoms with Gasteiger partial charge in [0.1, 0.15) is 6.33 Å². The van der Waals surface area contributed by atoms with Gasteiger partial charge in [-0.1, -0.05) is 6.92 Å². The number of nitrogens with zero attached hydrogens (tertiary/aromatic N) is 5. The van der Waals surface area contributed by atoms with Gasteiger partial charge in [0.25, 0.3) is 0 Å². The van der Waals surface area contributed by atoms with E-state index in [4.69, 9.17) is 0 Å². The van der Waals surface area contributed by atoms with E-state index in [0.717, 1.165) is 38.9 Å². The van der Waals surface area contributed by atoms with Crippen LogP contribution in [-0.2, 0) is 0 Å². The lowest BCUT2D eigenvalue weighted by Crippen LogP contribution is -2.39. The fourth-order valence-corrected chi connectivity index (χ4v) is 3.76. The van der Waals surface area contributed by atoms with E-state index < -0.39 is 0 Å². The lowest BCUT2D eigenvalue weighted by molar-refractivity contribution is -0.383. The number of piperidine rings is 2. The Morgan fingerprint density at radius 3 is 2.61 bits per heavy atom. The summed E-state index contributed by atoms with van der Waals surface area (Å²) in [5.74, 6) is 1.52. The molecule has 1 aromatic heterocycles. The zero-order chi connectivity index (χ0) is 16.4. The predicted octanol–water partition coefficient (Wildman–Crippen LogP) is 3.00. The Balaban J connectivity index is 2.00. The summed E-state index contributed by atoms with van der Waals surface area (Å²) >= 11 is 0. The molecular weight excluding hydrogens is 294 g/mol. The first-order valence-electron chi connectivity index (χ1n) is 8.59. The molecule has 0 bridgehead atoms. The van der Waals surface area contributed by atoms with Crippen molar-refractivity contribution in [1.29, 1.82) is 0 Å². The molecule has 2 aliphatic rings. The molecule has 2 unspecified atom stereocenters.